The summed E-state index contributed by atoms with van der Waals surface area (Å²) in [5.74, 6) is -0.411. The molecule has 1 saturated heterocycles. The van der Waals surface area contributed by atoms with Gasteiger partial charge >= 0.3 is 12.1 Å². The van der Waals surface area contributed by atoms with Gasteiger partial charge in [-0.25, -0.2) is 9.78 Å². The molecule has 1 fully saturated rings. The lowest BCUT2D eigenvalue weighted by atomic mass is 10.2. The maximum absolute atomic E-state index is 12.9. The van der Waals surface area contributed by atoms with E-state index in [2.05, 4.69) is 9.72 Å². The van der Waals surface area contributed by atoms with Gasteiger partial charge in [-0.05, 0) is 24.6 Å². The number of rotatable bonds is 4. The second-order valence-corrected chi connectivity index (χ2v) is 5.06. The average molecular weight is 330 g/mol. The number of esters is 1. The minimum Gasteiger partial charge on any atom is -0.466 e. The van der Waals surface area contributed by atoms with Gasteiger partial charge in [-0.1, -0.05) is 0 Å². The predicted octanol–water partition coefficient (Wildman–Crippen LogP) is 2.51. The summed E-state index contributed by atoms with van der Waals surface area (Å²) in [5, 5.41) is 0. The first-order valence-electron chi connectivity index (χ1n) is 6.97. The fourth-order valence-corrected chi connectivity index (χ4v) is 2.34. The van der Waals surface area contributed by atoms with E-state index in [1.54, 1.807) is 12.0 Å². The van der Waals surface area contributed by atoms with Crippen molar-refractivity contribution in [3.05, 3.63) is 29.5 Å². The van der Waals surface area contributed by atoms with Gasteiger partial charge in [-0.3, -0.25) is 0 Å². The normalized spacial score (nSPS) is 18.7. The van der Waals surface area contributed by atoms with Crippen molar-refractivity contribution >= 4 is 17.9 Å². The topological polar surface area (TPSA) is 51.7 Å². The quantitative estimate of drug-likeness (QED) is 0.627. The van der Waals surface area contributed by atoms with Crippen LogP contribution in [-0.4, -0.2) is 44.4 Å². The van der Waals surface area contributed by atoms with Crippen LogP contribution in [0, 0.1) is 0 Å². The maximum atomic E-state index is 12.9. The van der Waals surface area contributed by atoms with Gasteiger partial charge in [0.1, 0.15) is 11.5 Å². The lowest BCUT2D eigenvalue weighted by molar-refractivity contribution is -0.141. The highest BCUT2D eigenvalue weighted by atomic mass is 19.4. The van der Waals surface area contributed by atoms with E-state index in [4.69, 9.17) is 4.74 Å². The van der Waals surface area contributed by atoms with Gasteiger partial charge in [0.2, 0.25) is 0 Å². The van der Waals surface area contributed by atoms with Crippen LogP contribution in [0.2, 0.25) is 0 Å². The SMILES string of the molecule is COC(=O)C=Cc1ccc(C(F)(F)F)nc1N1CCC(OC)C1. The zero-order chi connectivity index (χ0) is 17.0. The number of methoxy groups -OCH3 is 2. The molecule has 0 spiro atoms. The number of hydrogen-bond donors (Lipinski definition) is 0. The van der Waals surface area contributed by atoms with Gasteiger partial charge < -0.3 is 14.4 Å². The number of carbonyl (C=O) groups is 1. The summed E-state index contributed by atoms with van der Waals surface area (Å²) < 4.78 is 48.4. The summed E-state index contributed by atoms with van der Waals surface area (Å²) in [6, 6.07) is 2.19. The highest BCUT2D eigenvalue weighted by Crippen LogP contribution is 2.32. The maximum Gasteiger partial charge on any atom is 0.433 e. The van der Waals surface area contributed by atoms with E-state index in [1.165, 1.54) is 19.3 Å². The van der Waals surface area contributed by atoms with Crippen molar-refractivity contribution < 1.29 is 27.4 Å². The molecule has 0 saturated carbocycles. The van der Waals surface area contributed by atoms with Crippen molar-refractivity contribution in [3.63, 3.8) is 0 Å². The van der Waals surface area contributed by atoms with Crippen molar-refractivity contribution in [2.75, 3.05) is 32.2 Å². The number of anilines is 1. The van der Waals surface area contributed by atoms with E-state index in [0.29, 0.717) is 25.1 Å². The summed E-state index contributed by atoms with van der Waals surface area (Å²) in [5.41, 5.74) is -0.552. The molecule has 0 bridgehead atoms. The number of ether oxygens (including phenoxy) is 2. The molecule has 8 heteroatoms. The molecule has 0 amide bonds. The molecule has 1 atom stereocenters. The Morgan fingerprint density at radius 2 is 2.13 bits per heavy atom. The summed E-state index contributed by atoms with van der Waals surface area (Å²) in [6.07, 6.45) is -1.33. The summed E-state index contributed by atoms with van der Waals surface area (Å²) >= 11 is 0. The van der Waals surface area contributed by atoms with E-state index in [0.717, 1.165) is 12.1 Å². The molecular formula is C15H17F3N2O3. The Morgan fingerprint density at radius 3 is 2.70 bits per heavy atom. The Morgan fingerprint density at radius 1 is 1.39 bits per heavy atom. The molecule has 0 radical (unpaired) electrons. The van der Waals surface area contributed by atoms with E-state index in [9.17, 15) is 18.0 Å². The van der Waals surface area contributed by atoms with Crippen LogP contribution in [0.4, 0.5) is 19.0 Å². The number of nitrogens with zero attached hydrogens (tertiary/aromatic N) is 2. The Labute approximate surface area is 131 Å². The fourth-order valence-electron chi connectivity index (χ4n) is 2.34. The van der Waals surface area contributed by atoms with Gasteiger partial charge in [0.25, 0.3) is 0 Å². The standard InChI is InChI=1S/C15H17F3N2O3/c1-22-11-7-8-20(9-11)14-10(4-6-13(21)23-2)3-5-12(19-14)15(16,17)18/h3-6,11H,7-9H2,1-2H3. The van der Waals surface area contributed by atoms with Crippen molar-refractivity contribution in [2.24, 2.45) is 0 Å². The monoisotopic (exact) mass is 330 g/mol. The Hall–Kier alpha value is -2.09. The minimum atomic E-state index is -4.53. The molecule has 1 aliphatic rings. The highest BCUT2D eigenvalue weighted by Gasteiger charge is 2.34. The number of aromatic nitrogens is 1. The highest BCUT2D eigenvalue weighted by molar-refractivity contribution is 5.88. The van der Waals surface area contributed by atoms with Crippen LogP contribution in [0.1, 0.15) is 17.7 Å². The second-order valence-electron chi connectivity index (χ2n) is 5.06. The molecule has 2 heterocycles. The van der Waals surface area contributed by atoms with Crippen molar-refractivity contribution in [1.29, 1.82) is 0 Å². The molecule has 0 N–H and O–H groups in total. The minimum absolute atomic E-state index is 0.0521. The van der Waals surface area contributed by atoms with Gasteiger partial charge in [0.15, 0.2) is 0 Å². The van der Waals surface area contributed by atoms with Crippen LogP contribution in [0.15, 0.2) is 18.2 Å². The molecule has 0 aromatic carbocycles. The lowest BCUT2D eigenvalue weighted by Gasteiger charge is -2.21. The zero-order valence-corrected chi connectivity index (χ0v) is 12.8. The second kappa shape index (κ2) is 6.99. The number of hydrogen-bond acceptors (Lipinski definition) is 5. The number of pyridine rings is 1. The summed E-state index contributed by atoms with van der Waals surface area (Å²) in [6.45, 7) is 0.982. The smallest absolute Gasteiger partial charge is 0.433 e. The molecular weight excluding hydrogens is 313 g/mol. The van der Waals surface area contributed by atoms with Crippen LogP contribution in [0.5, 0.6) is 0 Å². The van der Waals surface area contributed by atoms with Crippen LogP contribution in [-0.2, 0) is 20.4 Å². The van der Waals surface area contributed by atoms with E-state index in [-0.39, 0.29) is 11.9 Å². The number of halogens is 3. The Bertz CT molecular complexity index is 602. The summed E-state index contributed by atoms with van der Waals surface area (Å²) in [4.78, 5) is 16.7. The lowest BCUT2D eigenvalue weighted by Crippen LogP contribution is -2.25. The zero-order valence-electron chi connectivity index (χ0n) is 12.8. The Balaban J connectivity index is 2.37. The molecule has 23 heavy (non-hydrogen) atoms. The van der Waals surface area contributed by atoms with Crippen LogP contribution >= 0.6 is 0 Å². The van der Waals surface area contributed by atoms with Gasteiger partial charge in [-0.2, -0.15) is 13.2 Å². The van der Waals surface area contributed by atoms with E-state index < -0.39 is 17.8 Å². The first-order chi connectivity index (χ1) is 10.8. The molecule has 1 aromatic heterocycles. The van der Waals surface area contributed by atoms with Crippen LogP contribution in [0.3, 0.4) is 0 Å². The van der Waals surface area contributed by atoms with Crippen molar-refractivity contribution in [3.8, 4) is 0 Å². The molecule has 5 nitrogen and oxygen atoms in total. The molecule has 1 aromatic rings. The predicted molar refractivity (Wildman–Crippen MR) is 77.9 cm³/mol. The van der Waals surface area contributed by atoms with Crippen molar-refractivity contribution in [1.82, 2.24) is 4.98 Å². The average Bonchev–Trinajstić information content (AvgIpc) is 3.00. The van der Waals surface area contributed by atoms with E-state index >= 15 is 0 Å². The van der Waals surface area contributed by atoms with Crippen LogP contribution < -0.4 is 4.90 Å². The first kappa shape index (κ1) is 17.3. The molecule has 0 aliphatic carbocycles. The third-order valence-electron chi connectivity index (χ3n) is 3.57. The van der Waals surface area contributed by atoms with Gasteiger partial charge in [0.05, 0.1) is 13.2 Å². The molecule has 126 valence electrons. The third-order valence-corrected chi connectivity index (χ3v) is 3.57. The van der Waals surface area contributed by atoms with Gasteiger partial charge in [-0.15, -0.1) is 0 Å². The van der Waals surface area contributed by atoms with Crippen molar-refractivity contribution in [2.45, 2.75) is 18.7 Å². The van der Waals surface area contributed by atoms with E-state index in [1.807, 2.05) is 0 Å². The largest absolute Gasteiger partial charge is 0.466 e. The van der Waals surface area contributed by atoms with Crippen LogP contribution in [0.25, 0.3) is 6.08 Å². The summed E-state index contributed by atoms with van der Waals surface area (Å²) in [7, 11) is 2.79. The fraction of sp³-hybridized carbons (Fsp3) is 0.467. The third kappa shape index (κ3) is 4.22. The molecule has 2 rings (SSSR count). The first-order valence-corrected chi connectivity index (χ1v) is 6.97. The number of alkyl halides is 3. The number of carbonyl (C=O) groups excluding carboxylic acids is 1. The van der Waals surface area contributed by atoms with Gasteiger partial charge in [0, 0.05) is 31.8 Å². The molecule has 1 unspecified atom stereocenters. The Kier molecular flexibility index (Phi) is 5.25. The molecule has 1 aliphatic heterocycles.